The fourth-order valence-corrected chi connectivity index (χ4v) is 2.18. The molecule has 98 valence electrons. The van der Waals surface area contributed by atoms with E-state index in [4.69, 9.17) is 4.74 Å². The van der Waals surface area contributed by atoms with Crippen LogP contribution in [0.3, 0.4) is 0 Å². The van der Waals surface area contributed by atoms with E-state index in [1.54, 1.807) is 0 Å². The molecule has 0 spiro atoms. The van der Waals surface area contributed by atoms with E-state index in [0.717, 1.165) is 6.54 Å². The van der Waals surface area contributed by atoms with Crippen LogP contribution in [0, 0.1) is 5.41 Å². The van der Waals surface area contributed by atoms with Crippen molar-refractivity contribution in [3.8, 4) is 0 Å². The SMILES string of the molecule is CCOC(=O)/C=C/CNC1CCC(C)(C)CC1. The van der Waals surface area contributed by atoms with Crippen molar-refractivity contribution in [3.05, 3.63) is 12.2 Å². The van der Waals surface area contributed by atoms with E-state index in [1.165, 1.54) is 31.8 Å². The first kappa shape index (κ1) is 14.2. The highest BCUT2D eigenvalue weighted by Crippen LogP contribution is 2.34. The zero-order valence-electron chi connectivity index (χ0n) is 11.3. The number of hydrogen-bond acceptors (Lipinski definition) is 3. The lowest BCUT2D eigenvalue weighted by Gasteiger charge is -2.34. The largest absolute Gasteiger partial charge is 0.463 e. The highest BCUT2D eigenvalue weighted by atomic mass is 16.5. The molecular weight excluding hydrogens is 214 g/mol. The zero-order chi connectivity index (χ0) is 12.7. The van der Waals surface area contributed by atoms with Gasteiger partial charge in [-0.1, -0.05) is 19.9 Å². The van der Waals surface area contributed by atoms with Crippen LogP contribution in [0.1, 0.15) is 46.5 Å². The Morgan fingerprint density at radius 3 is 2.65 bits per heavy atom. The molecule has 1 saturated carbocycles. The van der Waals surface area contributed by atoms with Crippen molar-refractivity contribution in [1.29, 1.82) is 0 Å². The summed E-state index contributed by atoms with van der Waals surface area (Å²) in [6, 6.07) is 0.606. The minimum absolute atomic E-state index is 0.251. The molecule has 17 heavy (non-hydrogen) atoms. The summed E-state index contributed by atoms with van der Waals surface area (Å²) in [4.78, 5) is 11.0. The number of carbonyl (C=O) groups excluding carboxylic acids is 1. The topological polar surface area (TPSA) is 38.3 Å². The second-order valence-corrected chi connectivity index (χ2v) is 5.50. The first-order valence-electron chi connectivity index (χ1n) is 6.60. The molecule has 3 heteroatoms. The first-order chi connectivity index (χ1) is 8.03. The van der Waals surface area contributed by atoms with Crippen LogP contribution in [0.15, 0.2) is 12.2 Å². The first-order valence-corrected chi connectivity index (χ1v) is 6.60. The van der Waals surface area contributed by atoms with Crippen molar-refractivity contribution >= 4 is 5.97 Å². The molecule has 0 atom stereocenters. The summed E-state index contributed by atoms with van der Waals surface area (Å²) in [5, 5.41) is 3.46. The molecule has 0 radical (unpaired) electrons. The lowest BCUT2D eigenvalue weighted by Crippen LogP contribution is -2.35. The smallest absolute Gasteiger partial charge is 0.330 e. The predicted octanol–water partition coefficient (Wildman–Crippen LogP) is 2.66. The lowest BCUT2D eigenvalue weighted by atomic mass is 9.75. The number of rotatable bonds is 5. The third-order valence-corrected chi connectivity index (χ3v) is 3.40. The minimum Gasteiger partial charge on any atom is -0.463 e. The number of ether oxygens (including phenoxy) is 1. The summed E-state index contributed by atoms with van der Waals surface area (Å²) in [7, 11) is 0. The van der Waals surface area contributed by atoms with Crippen LogP contribution < -0.4 is 5.32 Å². The molecule has 0 saturated heterocycles. The van der Waals surface area contributed by atoms with E-state index in [0.29, 0.717) is 18.1 Å². The second kappa shape index (κ2) is 6.80. The summed E-state index contributed by atoms with van der Waals surface area (Å²) >= 11 is 0. The number of esters is 1. The quantitative estimate of drug-likeness (QED) is 0.592. The molecule has 1 N–H and O–H groups in total. The maximum Gasteiger partial charge on any atom is 0.330 e. The van der Waals surface area contributed by atoms with Crippen LogP contribution in [-0.2, 0) is 9.53 Å². The number of hydrogen-bond donors (Lipinski definition) is 1. The molecule has 0 unspecified atom stereocenters. The van der Waals surface area contributed by atoms with E-state index >= 15 is 0 Å². The Balaban J connectivity index is 2.14. The summed E-state index contributed by atoms with van der Waals surface area (Å²) in [5.41, 5.74) is 0.513. The summed E-state index contributed by atoms with van der Waals surface area (Å²) < 4.78 is 4.81. The zero-order valence-corrected chi connectivity index (χ0v) is 11.3. The molecule has 0 aliphatic heterocycles. The van der Waals surface area contributed by atoms with E-state index < -0.39 is 0 Å². The Morgan fingerprint density at radius 1 is 1.41 bits per heavy atom. The molecule has 0 amide bonds. The van der Waals surface area contributed by atoms with Crippen molar-refractivity contribution in [3.63, 3.8) is 0 Å². The molecule has 1 aliphatic carbocycles. The Hall–Kier alpha value is -0.830. The van der Waals surface area contributed by atoms with Gasteiger partial charge in [0.1, 0.15) is 0 Å². The Bertz CT molecular complexity index is 261. The summed E-state index contributed by atoms with van der Waals surface area (Å²) in [6.45, 7) is 7.68. The lowest BCUT2D eigenvalue weighted by molar-refractivity contribution is -0.137. The standard InChI is InChI=1S/C14H25NO2/c1-4-17-13(16)6-5-11-15-12-7-9-14(2,3)10-8-12/h5-6,12,15H,4,7-11H2,1-3H3/b6-5+. The van der Waals surface area contributed by atoms with Gasteiger partial charge >= 0.3 is 5.97 Å². The van der Waals surface area contributed by atoms with Gasteiger partial charge in [0.05, 0.1) is 6.61 Å². The number of nitrogens with one attached hydrogen (secondary N) is 1. The highest BCUT2D eigenvalue weighted by molar-refractivity contribution is 5.81. The van der Waals surface area contributed by atoms with E-state index in [9.17, 15) is 4.79 Å². The van der Waals surface area contributed by atoms with Crippen LogP contribution >= 0.6 is 0 Å². The summed E-state index contributed by atoms with van der Waals surface area (Å²) in [6.07, 6.45) is 8.39. The number of carbonyl (C=O) groups is 1. The molecule has 0 aromatic carbocycles. The Morgan fingerprint density at radius 2 is 2.06 bits per heavy atom. The van der Waals surface area contributed by atoms with Gasteiger partial charge in [-0.3, -0.25) is 0 Å². The maximum absolute atomic E-state index is 11.0. The highest BCUT2D eigenvalue weighted by Gasteiger charge is 2.25. The van der Waals surface area contributed by atoms with Gasteiger partial charge in [0.25, 0.3) is 0 Å². The molecule has 0 aromatic rings. The van der Waals surface area contributed by atoms with Crippen LogP contribution in [-0.4, -0.2) is 25.2 Å². The maximum atomic E-state index is 11.0. The third-order valence-electron chi connectivity index (χ3n) is 3.40. The molecule has 0 heterocycles. The predicted molar refractivity (Wildman–Crippen MR) is 69.8 cm³/mol. The van der Waals surface area contributed by atoms with Crippen molar-refractivity contribution in [2.24, 2.45) is 5.41 Å². The average Bonchev–Trinajstić information content (AvgIpc) is 2.27. The van der Waals surface area contributed by atoms with Crippen molar-refractivity contribution in [1.82, 2.24) is 5.32 Å². The Labute approximate surface area is 105 Å². The van der Waals surface area contributed by atoms with Gasteiger partial charge in [-0.05, 0) is 38.0 Å². The van der Waals surface area contributed by atoms with Gasteiger partial charge in [0.2, 0.25) is 0 Å². The van der Waals surface area contributed by atoms with E-state index in [1.807, 2.05) is 13.0 Å². The Kier molecular flexibility index (Phi) is 5.69. The van der Waals surface area contributed by atoms with Gasteiger partial charge in [-0.15, -0.1) is 0 Å². The van der Waals surface area contributed by atoms with E-state index in [2.05, 4.69) is 19.2 Å². The van der Waals surface area contributed by atoms with Crippen molar-refractivity contribution in [2.75, 3.05) is 13.2 Å². The van der Waals surface area contributed by atoms with E-state index in [-0.39, 0.29) is 5.97 Å². The molecule has 1 rings (SSSR count). The monoisotopic (exact) mass is 239 g/mol. The van der Waals surface area contributed by atoms with Crippen LogP contribution in [0.25, 0.3) is 0 Å². The molecule has 0 aromatic heterocycles. The van der Waals surface area contributed by atoms with Crippen molar-refractivity contribution in [2.45, 2.75) is 52.5 Å². The molecule has 0 bridgehead atoms. The molecular formula is C14H25NO2. The second-order valence-electron chi connectivity index (χ2n) is 5.50. The van der Waals surface area contributed by atoms with Gasteiger partial charge in [0, 0.05) is 18.7 Å². The van der Waals surface area contributed by atoms with Crippen molar-refractivity contribution < 1.29 is 9.53 Å². The van der Waals surface area contributed by atoms with Gasteiger partial charge in [-0.2, -0.15) is 0 Å². The van der Waals surface area contributed by atoms with Crippen LogP contribution in [0.4, 0.5) is 0 Å². The molecule has 1 aliphatic rings. The normalized spacial score (nSPS) is 20.6. The fraction of sp³-hybridized carbons (Fsp3) is 0.786. The minimum atomic E-state index is -0.251. The van der Waals surface area contributed by atoms with Crippen LogP contribution in [0.2, 0.25) is 0 Å². The van der Waals surface area contributed by atoms with Gasteiger partial charge in [-0.25, -0.2) is 4.79 Å². The summed E-state index contributed by atoms with van der Waals surface area (Å²) in [5.74, 6) is -0.251. The van der Waals surface area contributed by atoms with Crippen LogP contribution in [0.5, 0.6) is 0 Å². The van der Waals surface area contributed by atoms with Gasteiger partial charge < -0.3 is 10.1 Å². The fourth-order valence-electron chi connectivity index (χ4n) is 2.18. The molecule has 1 fully saturated rings. The molecule has 3 nitrogen and oxygen atoms in total. The average molecular weight is 239 g/mol. The third kappa shape index (κ3) is 5.87. The van der Waals surface area contributed by atoms with Gasteiger partial charge in [0.15, 0.2) is 0 Å².